The molecule has 690 valence electrons. The molecule has 22 aromatic rings. The van der Waals surface area contributed by atoms with E-state index in [1.165, 1.54) is 54.6 Å². The molecule has 0 amide bonds. The Morgan fingerprint density at radius 3 is 0.912 bits per heavy atom. The van der Waals surface area contributed by atoms with Crippen LogP contribution in [-0.4, -0.2) is 48.2 Å². The normalized spacial score (nSPS) is 11.4. The van der Waals surface area contributed by atoms with Crippen molar-refractivity contribution in [1.29, 1.82) is 63.1 Å². The second-order valence-corrected chi connectivity index (χ2v) is 35.4. The van der Waals surface area contributed by atoms with Crippen molar-refractivity contribution in [1.82, 2.24) is 48.2 Å². The number of hydrogen-bond donors (Lipinski definition) is 0. The van der Waals surface area contributed by atoms with Gasteiger partial charge in [-0.25, -0.2) is 29.9 Å². The van der Waals surface area contributed by atoms with Gasteiger partial charge in [0, 0.05) is 71.8 Å². The van der Waals surface area contributed by atoms with Crippen LogP contribution in [0.15, 0.2) is 285 Å². The van der Waals surface area contributed by atoms with E-state index in [9.17, 15) is 63.1 Å². The standard InChI is InChI=1S/C120H58F6N22/c1-64-139-65(2)142-117(141-64)80-14-22-93-91-9-5-7-11-105(91)148(111(93)45-80)115-50-96(89-21-13-68(53-128)40-103(89)120(124,125)126)87(63-138)48-113(115)147-104-10-6-4-8-90(104)92-23-15-81(46-110(92)147)118-143-66(3)140-116(144-118)51-97-85(61-136)37-75(60-135)38-94(97)79-19-27-109-101(44-79)100-43-78(84-35-73(58-133)30-74(36-84)59-134)18-26-108(100)146(109)114-49-95(88-20-12-67(52-127)39-102(88)119(121,122)123)86(62-137)47-112(114)145-106-24-16-76(82-31-69(54-129)28-70(32-82)55-130)41-98(106)99-42-77(17-25-107(99)145)83-33-71(56-131)29-72(34-83)57-132/h4-50H,51H2,1-3H3. The highest BCUT2D eigenvalue weighted by Crippen LogP contribution is 2.51. The Labute approximate surface area is 836 Å². The molecule has 6 heterocycles. The molecule has 22 rings (SSSR count). The summed E-state index contributed by atoms with van der Waals surface area (Å²) >= 11 is 0. The number of rotatable bonds is 14. The number of halogens is 6. The Morgan fingerprint density at radius 2 is 0.541 bits per heavy atom. The molecule has 0 N–H and O–H groups in total. The van der Waals surface area contributed by atoms with Crippen LogP contribution in [0.1, 0.15) is 107 Å². The third kappa shape index (κ3) is 15.5. The first-order valence-electron chi connectivity index (χ1n) is 45.6. The van der Waals surface area contributed by atoms with Crippen LogP contribution in [0.2, 0.25) is 0 Å². The Balaban J connectivity index is 0.755. The monoisotopic (exact) mass is 1920 g/mol. The molecule has 0 saturated heterocycles. The summed E-state index contributed by atoms with van der Waals surface area (Å²) < 4.78 is 103. The first-order chi connectivity index (χ1) is 71.7. The van der Waals surface area contributed by atoms with E-state index in [0.717, 1.165) is 28.3 Å². The van der Waals surface area contributed by atoms with Crippen molar-refractivity contribution in [3.05, 3.63) is 392 Å². The Kier molecular flexibility index (Phi) is 21.9. The second-order valence-electron chi connectivity index (χ2n) is 35.4. The molecular formula is C120H58F6N22. The molecule has 16 aromatic carbocycles. The summed E-state index contributed by atoms with van der Waals surface area (Å²) in [6.45, 7) is 5.18. The molecule has 0 spiro atoms. The number of fused-ring (bicyclic) bond motifs is 12. The number of hydrogen-bond acceptors (Lipinski definition) is 18. The lowest BCUT2D eigenvalue weighted by molar-refractivity contribution is -0.137. The van der Waals surface area contributed by atoms with E-state index in [2.05, 4.69) is 65.7 Å². The number of para-hydroxylation sites is 2. The van der Waals surface area contributed by atoms with E-state index < -0.39 is 29.0 Å². The molecule has 0 aliphatic carbocycles. The van der Waals surface area contributed by atoms with Crippen LogP contribution in [0.3, 0.4) is 0 Å². The van der Waals surface area contributed by atoms with Crippen molar-refractivity contribution in [2.24, 2.45) is 0 Å². The maximum absolute atomic E-state index is 16.0. The lowest BCUT2D eigenvalue weighted by Gasteiger charge is -2.21. The minimum Gasteiger partial charge on any atom is -0.307 e. The van der Waals surface area contributed by atoms with Crippen molar-refractivity contribution in [3.8, 4) is 185 Å². The smallest absolute Gasteiger partial charge is 0.307 e. The number of nitrogens with zero attached hydrogens (tertiary/aromatic N) is 22. The molecule has 0 atom stereocenters. The molecule has 22 nitrogen and oxygen atoms in total. The zero-order chi connectivity index (χ0) is 103. The zero-order valence-corrected chi connectivity index (χ0v) is 77.4. The first-order valence-corrected chi connectivity index (χ1v) is 45.6. The average molecular weight is 1920 g/mol. The lowest BCUT2D eigenvalue weighted by atomic mass is 9.90. The predicted molar refractivity (Wildman–Crippen MR) is 544 cm³/mol. The van der Waals surface area contributed by atoms with Gasteiger partial charge in [-0.05, 0) is 270 Å². The number of alkyl halides is 6. The van der Waals surface area contributed by atoms with Crippen LogP contribution < -0.4 is 0 Å². The number of aromatic nitrogens is 10. The van der Waals surface area contributed by atoms with Crippen LogP contribution >= 0.6 is 0 Å². The van der Waals surface area contributed by atoms with E-state index in [4.69, 9.17) is 24.9 Å². The van der Waals surface area contributed by atoms with Crippen molar-refractivity contribution in [2.75, 3.05) is 0 Å². The molecular weight excluding hydrogens is 1860 g/mol. The highest BCUT2D eigenvalue weighted by atomic mass is 19.4. The highest BCUT2D eigenvalue weighted by Gasteiger charge is 2.38. The quantitative estimate of drug-likeness (QED) is 0.0912. The van der Waals surface area contributed by atoms with Gasteiger partial charge in [0.1, 0.15) is 23.3 Å². The molecule has 0 radical (unpaired) electrons. The average Bonchev–Trinajstić information content (AvgIpc) is 1.59. The fraction of sp³-hybridized carbons (Fsp3) is 0.0500. The molecule has 0 unspecified atom stereocenters. The summed E-state index contributed by atoms with van der Waals surface area (Å²) in [5.74, 6) is 1.83. The molecule has 0 saturated carbocycles. The molecule has 0 aliphatic rings. The topological polar surface area (TPSA) is 383 Å². The van der Waals surface area contributed by atoms with E-state index in [0.29, 0.717) is 167 Å². The van der Waals surface area contributed by atoms with Gasteiger partial charge < -0.3 is 18.3 Å². The maximum Gasteiger partial charge on any atom is 0.417 e. The Morgan fingerprint density at radius 1 is 0.223 bits per heavy atom. The van der Waals surface area contributed by atoms with Crippen molar-refractivity contribution in [3.63, 3.8) is 0 Å². The summed E-state index contributed by atoms with van der Waals surface area (Å²) in [6.07, 6.45) is -10.3. The molecule has 0 bridgehead atoms. The molecule has 148 heavy (non-hydrogen) atoms. The van der Waals surface area contributed by atoms with Gasteiger partial charge in [-0.3, -0.25) is 0 Å². The minimum atomic E-state index is -5.11. The van der Waals surface area contributed by atoms with Crippen molar-refractivity contribution < 1.29 is 26.3 Å². The van der Waals surface area contributed by atoms with Gasteiger partial charge in [-0.2, -0.15) is 89.5 Å². The molecule has 28 heteroatoms. The van der Waals surface area contributed by atoms with Crippen molar-refractivity contribution >= 4 is 87.2 Å². The fourth-order valence-corrected chi connectivity index (χ4v) is 20.4. The highest BCUT2D eigenvalue weighted by molar-refractivity contribution is 6.17. The van der Waals surface area contributed by atoms with Crippen LogP contribution in [-0.2, 0) is 18.8 Å². The number of aryl methyl sites for hydroxylation is 3. The summed E-state index contributed by atoms with van der Waals surface area (Å²) in [5.41, 5.74) is 7.04. The van der Waals surface area contributed by atoms with E-state index >= 15 is 26.3 Å². The van der Waals surface area contributed by atoms with E-state index in [1.54, 1.807) is 124 Å². The van der Waals surface area contributed by atoms with E-state index in [1.807, 2.05) is 140 Å². The van der Waals surface area contributed by atoms with Gasteiger partial charge in [0.15, 0.2) is 11.6 Å². The molecule has 6 aromatic heterocycles. The Hall–Kier alpha value is -21.8. The first kappa shape index (κ1) is 91.3. The SMILES string of the molecule is Cc1nc(C)nc(-c2ccc3c4ccccc4n(-c4cc(-c5ccc(C#N)cc5C(F)(F)F)c(C#N)cc4-n4c5ccccc5c5ccc(-c6nc(C)nc(Cc7c(C#N)cc(C#N)cc7-c7ccc8c(c7)c7cc(-c9cc(C#N)cc(C#N)c9)ccc7n8-c7cc(-c8ccc(C#N)cc8C(F)(F)F)c(C#N)cc7-n7c8ccc(-c9cc(C#N)cc(C#N)c9)cc8c8cc(-c9cc(C#N)cc(C#N)c9)ccc87)n6)cc54)c3c2)n1. The van der Waals surface area contributed by atoms with Crippen LogP contribution in [0.5, 0.6) is 0 Å². The summed E-state index contributed by atoms with van der Waals surface area (Å²) in [6, 6.07) is 103. The van der Waals surface area contributed by atoms with Gasteiger partial charge in [0.2, 0.25) is 0 Å². The van der Waals surface area contributed by atoms with Gasteiger partial charge in [0.25, 0.3) is 0 Å². The fourth-order valence-electron chi connectivity index (χ4n) is 20.4. The third-order valence-electron chi connectivity index (χ3n) is 26.7. The predicted octanol–water partition coefficient (Wildman–Crippen LogP) is 26.8. The summed E-state index contributed by atoms with van der Waals surface area (Å²) in [7, 11) is 0. The van der Waals surface area contributed by atoms with E-state index in [-0.39, 0.29) is 119 Å². The van der Waals surface area contributed by atoms with Gasteiger partial charge in [-0.15, -0.1) is 0 Å². The third-order valence-corrected chi connectivity index (χ3v) is 26.7. The largest absolute Gasteiger partial charge is 0.417 e. The van der Waals surface area contributed by atoms with Crippen molar-refractivity contribution in [2.45, 2.75) is 39.5 Å². The van der Waals surface area contributed by atoms with Crippen LogP contribution in [0, 0.1) is 157 Å². The molecule has 0 fully saturated rings. The number of nitriles is 12. The van der Waals surface area contributed by atoms with Gasteiger partial charge >= 0.3 is 12.4 Å². The zero-order valence-electron chi connectivity index (χ0n) is 77.4. The van der Waals surface area contributed by atoms with Gasteiger partial charge in [0.05, 0.1) is 218 Å². The van der Waals surface area contributed by atoms with Crippen LogP contribution in [0.4, 0.5) is 26.3 Å². The molecule has 0 aliphatic heterocycles. The Bertz CT molecular complexity index is 10100. The van der Waals surface area contributed by atoms with Crippen LogP contribution in [0.25, 0.3) is 200 Å². The second kappa shape index (κ2) is 35.5. The minimum absolute atomic E-state index is 0.0456. The van der Waals surface area contributed by atoms with Gasteiger partial charge in [-0.1, -0.05) is 97.1 Å². The summed E-state index contributed by atoms with van der Waals surface area (Å²) in [4.78, 5) is 29.0. The number of benzene rings is 16. The lowest BCUT2D eigenvalue weighted by Crippen LogP contribution is -2.10. The summed E-state index contributed by atoms with van der Waals surface area (Å²) in [5, 5.41) is 133. The maximum atomic E-state index is 16.0.